The highest BCUT2D eigenvalue weighted by Crippen LogP contribution is 2.27. The average Bonchev–Trinajstić information content (AvgIpc) is 3.50. The SMILES string of the molecule is O=C(NC1CCCC1)[C@@H](c1ccncc1)N(Cc1ccc(F)cc1)C(=O)Cc1cccs1. The van der Waals surface area contributed by atoms with Crippen LogP contribution in [0.15, 0.2) is 66.3 Å². The van der Waals surface area contributed by atoms with Crippen molar-refractivity contribution in [1.29, 1.82) is 0 Å². The van der Waals surface area contributed by atoms with Crippen molar-refractivity contribution in [2.45, 2.75) is 50.7 Å². The fraction of sp³-hybridized carbons (Fsp3) is 0.320. The van der Waals surface area contributed by atoms with Gasteiger partial charge in [-0.05, 0) is 59.7 Å². The molecule has 0 saturated heterocycles. The fourth-order valence-corrected chi connectivity index (χ4v) is 4.84. The van der Waals surface area contributed by atoms with Crippen LogP contribution in [-0.2, 0) is 22.6 Å². The van der Waals surface area contributed by atoms with Crippen molar-refractivity contribution in [2.75, 3.05) is 0 Å². The summed E-state index contributed by atoms with van der Waals surface area (Å²) in [6.45, 7) is 0.204. The lowest BCUT2D eigenvalue weighted by Gasteiger charge is -2.32. The zero-order valence-electron chi connectivity index (χ0n) is 17.7. The molecule has 0 radical (unpaired) electrons. The van der Waals surface area contributed by atoms with Crippen molar-refractivity contribution in [2.24, 2.45) is 0 Å². The molecule has 4 rings (SSSR count). The van der Waals surface area contributed by atoms with E-state index in [0.717, 1.165) is 36.1 Å². The van der Waals surface area contributed by atoms with E-state index in [-0.39, 0.29) is 36.6 Å². The fourth-order valence-electron chi connectivity index (χ4n) is 4.14. The molecule has 166 valence electrons. The Balaban J connectivity index is 1.67. The van der Waals surface area contributed by atoms with Crippen LogP contribution in [0.1, 0.15) is 47.7 Å². The Hall–Kier alpha value is -3.06. The minimum absolute atomic E-state index is 0.131. The standard InChI is InChI=1S/C25H26FN3O2S/c26-20-9-7-18(8-10-20)17-29(23(30)16-22-6-3-15-32-22)24(19-11-13-27-14-12-19)25(31)28-21-4-1-2-5-21/h3,6-15,21,24H,1-2,4-5,16-17H2,(H,28,31)/t24-/m1/s1. The van der Waals surface area contributed by atoms with E-state index in [4.69, 9.17) is 0 Å². The molecule has 2 heterocycles. The van der Waals surface area contributed by atoms with Crippen molar-refractivity contribution in [3.8, 4) is 0 Å². The summed E-state index contributed by atoms with van der Waals surface area (Å²) in [4.78, 5) is 33.6. The van der Waals surface area contributed by atoms with Crippen LogP contribution in [0.25, 0.3) is 0 Å². The van der Waals surface area contributed by atoms with Gasteiger partial charge >= 0.3 is 0 Å². The van der Waals surface area contributed by atoms with E-state index in [1.54, 1.807) is 41.6 Å². The maximum atomic E-state index is 13.5. The second-order valence-corrected chi connectivity index (χ2v) is 9.11. The molecular formula is C25H26FN3O2S. The molecule has 32 heavy (non-hydrogen) atoms. The van der Waals surface area contributed by atoms with Crippen molar-refractivity contribution in [3.63, 3.8) is 0 Å². The molecule has 2 aromatic heterocycles. The van der Waals surface area contributed by atoms with Crippen LogP contribution in [0.4, 0.5) is 4.39 Å². The Labute approximate surface area is 191 Å². The van der Waals surface area contributed by atoms with E-state index in [2.05, 4.69) is 10.3 Å². The van der Waals surface area contributed by atoms with Gasteiger partial charge in [0.1, 0.15) is 11.9 Å². The number of thiophene rings is 1. The molecule has 1 aliphatic carbocycles. The number of benzene rings is 1. The summed E-state index contributed by atoms with van der Waals surface area (Å²) in [5.74, 6) is -0.681. The summed E-state index contributed by atoms with van der Waals surface area (Å²) in [5.41, 5.74) is 1.47. The van der Waals surface area contributed by atoms with Gasteiger partial charge < -0.3 is 10.2 Å². The topological polar surface area (TPSA) is 62.3 Å². The van der Waals surface area contributed by atoms with Gasteiger partial charge in [0.15, 0.2) is 0 Å². The van der Waals surface area contributed by atoms with Crippen LogP contribution in [0.3, 0.4) is 0 Å². The monoisotopic (exact) mass is 451 g/mol. The number of halogens is 1. The van der Waals surface area contributed by atoms with Gasteiger partial charge in [0.2, 0.25) is 11.8 Å². The van der Waals surface area contributed by atoms with Crippen molar-refractivity contribution < 1.29 is 14.0 Å². The van der Waals surface area contributed by atoms with Crippen LogP contribution in [-0.4, -0.2) is 27.7 Å². The molecule has 1 saturated carbocycles. The van der Waals surface area contributed by atoms with Crippen molar-refractivity contribution in [1.82, 2.24) is 15.2 Å². The molecule has 3 aromatic rings. The normalized spacial score (nSPS) is 14.8. The third kappa shape index (κ3) is 5.59. The number of hydrogen-bond donors (Lipinski definition) is 1. The molecule has 0 aliphatic heterocycles. The maximum absolute atomic E-state index is 13.5. The smallest absolute Gasteiger partial charge is 0.247 e. The van der Waals surface area contributed by atoms with Gasteiger partial charge in [0.05, 0.1) is 6.42 Å². The molecule has 1 atom stereocenters. The Morgan fingerprint density at radius 1 is 1.09 bits per heavy atom. The van der Waals surface area contributed by atoms with Crippen LogP contribution >= 0.6 is 11.3 Å². The number of carbonyl (C=O) groups excluding carboxylic acids is 2. The molecule has 1 aromatic carbocycles. The van der Waals surface area contributed by atoms with Gasteiger partial charge in [-0.3, -0.25) is 14.6 Å². The summed E-state index contributed by atoms with van der Waals surface area (Å²) < 4.78 is 13.5. The van der Waals surface area contributed by atoms with Crippen LogP contribution in [0.2, 0.25) is 0 Å². The van der Waals surface area contributed by atoms with E-state index >= 15 is 0 Å². The van der Waals surface area contributed by atoms with Crippen LogP contribution in [0.5, 0.6) is 0 Å². The molecule has 1 aliphatic rings. The Morgan fingerprint density at radius 3 is 2.47 bits per heavy atom. The highest BCUT2D eigenvalue weighted by molar-refractivity contribution is 7.10. The lowest BCUT2D eigenvalue weighted by molar-refractivity contribution is -0.141. The van der Waals surface area contributed by atoms with E-state index < -0.39 is 6.04 Å². The Morgan fingerprint density at radius 2 is 1.81 bits per heavy atom. The van der Waals surface area contributed by atoms with Crippen LogP contribution in [0, 0.1) is 5.82 Å². The highest BCUT2D eigenvalue weighted by atomic mass is 32.1. The predicted octanol–water partition coefficient (Wildman–Crippen LogP) is 4.65. The Bertz CT molecular complexity index is 1020. The second-order valence-electron chi connectivity index (χ2n) is 8.08. The molecule has 1 N–H and O–H groups in total. The molecule has 0 spiro atoms. The number of aromatic nitrogens is 1. The molecule has 5 nitrogen and oxygen atoms in total. The van der Waals surface area contributed by atoms with E-state index in [1.165, 1.54) is 23.5 Å². The number of pyridine rings is 1. The second kappa shape index (κ2) is 10.5. The summed E-state index contributed by atoms with van der Waals surface area (Å²) in [7, 11) is 0. The number of hydrogen-bond acceptors (Lipinski definition) is 4. The average molecular weight is 452 g/mol. The van der Waals surface area contributed by atoms with Crippen molar-refractivity contribution >= 4 is 23.2 Å². The molecule has 0 bridgehead atoms. The first-order valence-electron chi connectivity index (χ1n) is 10.9. The Kier molecular flexibility index (Phi) is 7.27. The largest absolute Gasteiger partial charge is 0.351 e. The molecule has 1 fully saturated rings. The zero-order valence-corrected chi connectivity index (χ0v) is 18.6. The van der Waals surface area contributed by atoms with Gasteiger partial charge in [-0.25, -0.2) is 4.39 Å². The third-order valence-electron chi connectivity index (χ3n) is 5.78. The lowest BCUT2D eigenvalue weighted by atomic mass is 10.0. The van der Waals surface area contributed by atoms with Gasteiger partial charge in [-0.1, -0.05) is 31.0 Å². The predicted molar refractivity (Wildman–Crippen MR) is 122 cm³/mol. The first kappa shape index (κ1) is 22.1. The minimum atomic E-state index is -0.795. The number of carbonyl (C=O) groups is 2. The zero-order chi connectivity index (χ0) is 22.3. The van der Waals surface area contributed by atoms with E-state index in [0.29, 0.717) is 5.56 Å². The lowest BCUT2D eigenvalue weighted by Crippen LogP contribution is -2.46. The summed E-state index contributed by atoms with van der Waals surface area (Å²) in [6.07, 6.45) is 7.57. The number of nitrogens with zero attached hydrogens (tertiary/aromatic N) is 2. The van der Waals surface area contributed by atoms with Gasteiger partial charge in [0.25, 0.3) is 0 Å². The minimum Gasteiger partial charge on any atom is -0.351 e. The summed E-state index contributed by atoms with van der Waals surface area (Å²) in [6, 6.07) is 12.8. The summed E-state index contributed by atoms with van der Waals surface area (Å²) in [5, 5.41) is 5.09. The summed E-state index contributed by atoms with van der Waals surface area (Å²) >= 11 is 1.51. The van der Waals surface area contributed by atoms with Gasteiger partial charge in [-0.2, -0.15) is 0 Å². The highest BCUT2D eigenvalue weighted by Gasteiger charge is 2.33. The number of amides is 2. The van der Waals surface area contributed by atoms with Gasteiger partial charge in [-0.15, -0.1) is 11.3 Å². The third-order valence-corrected chi connectivity index (χ3v) is 6.65. The quantitative estimate of drug-likeness (QED) is 0.542. The first-order valence-corrected chi connectivity index (χ1v) is 11.7. The van der Waals surface area contributed by atoms with Gasteiger partial charge in [0, 0.05) is 29.9 Å². The molecule has 7 heteroatoms. The van der Waals surface area contributed by atoms with E-state index in [9.17, 15) is 14.0 Å². The first-order chi connectivity index (χ1) is 15.6. The molecular weight excluding hydrogens is 425 g/mol. The molecule has 2 amide bonds. The number of nitrogens with one attached hydrogen (secondary N) is 1. The van der Waals surface area contributed by atoms with Crippen LogP contribution < -0.4 is 5.32 Å². The number of rotatable bonds is 8. The van der Waals surface area contributed by atoms with E-state index in [1.807, 2.05) is 17.5 Å². The van der Waals surface area contributed by atoms with Crippen molar-refractivity contribution in [3.05, 3.63) is 88.1 Å². The maximum Gasteiger partial charge on any atom is 0.247 e. The molecule has 0 unspecified atom stereocenters.